The van der Waals surface area contributed by atoms with Crippen LogP contribution in [0, 0.1) is 0 Å². The van der Waals surface area contributed by atoms with E-state index in [1.54, 1.807) is 0 Å². The maximum absolute atomic E-state index is 5.55. The molecule has 0 fully saturated rings. The number of rotatable bonds is 5. The molecule has 0 amide bonds. The third-order valence-corrected chi connectivity index (χ3v) is 1.85. The van der Waals surface area contributed by atoms with Crippen LogP contribution < -0.4 is 5.73 Å². The van der Waals surface area contributed by atoms with Crippen LogP contribution >= 0.6 is 0 Å². The summed E-state index contributed by atoms with van der Waals surface area (Å²) in [6.07, 6.45) is 1.52. The van der Waals surface area contributed by atoms with Crippen molar-refractivity contribution in [1.82, 2.24) is 0 Å². The van der Waals surface area contributed by atoms with E-state index < -0.39 is 0 Å². The summed E-state index contributed by atoms with van der Waals surface area (Å²) in [4.78, 5) is 3.58. The second-order valence-corrected chi connectivity index (χ2v) is 2.89. The first-order chi connectivity index (χ1) is 8.27. The average molecular weight is 232 g/mol. The molecule has 0 bridgehead atoms. The molecule has 1 rings (SSSR count). The first kappa shape index (κ1) is 15.0. The van der Waals surface area contributed by atoms with E-state index in [1.807, 2.05) is 44.2 Å². The predicted molar refractivity (Wildman–Crippen MR) is 73.5 cm³/mol. The summed E-state index contributed by atoms with van der Waals surface area (Å²) < 4.78 is 5.43. The molecule has 0 heterocycles. The number of allylic oxidation sites excluding steroid dienone is 1. The standard InChI is InChI=1S/C12H14N2O.C2H6/c1-3-11(12(13)14-2)15-9-10-7-5-4-6-8-10;1-2/h3-8H,1-2,9,13H2;1-2H3/b12-11+;. The minimum absolute atomic E-state index is 0.251. The van der Waals surface area contributed by atoms with E-state index in [2.05, 4.69) is 18.3 Å². The van der Waals surface area contributed by atoms with Gasteiger partial charge in [-0.3, -0.25) is 0 Å². The van der Waals surface area contributed by atoms with Crippen molar-refractivity contribution in [3.05, 3.63) is 60.1 Å². The van der Waals surface area contributed by atoms with Gasteiger partial charge in [-0.25, -0.2) is 4.99 Å². The minimum atomic E-state index is 0.251. The third kappa shape index (κ3) is 5.56. The van der Waals surface area contributed by atoms with Gasteiger partial charge in [-0.05, 0) is 18.4 Å². The normalized spacial score (nSPS) is 10.5. The number of hydrogen-bond donors (Lipinski definition) is 1. The summed E-state index contributed by atoms with van der Waals surface area (Å²) >= 11 is 0. The van der Waals surface area contributed by atoms with Crippen molar-refractivity contribution in [2.75, 3.05) is 0 Å². The highest BCUT2D eigenvalue weighted by molar-refractivity contribution is 5.30. The summed E-state index contributed by atoms with van der Waals surface area (Å²) in [6, 6.07) is 9.79. The Bertz CT molecular complexity index is 369. The first-order valence-corrected chi connectivity index (χ1v) is 5.53. The number of nitrogens with zero attached hydrogens (tertiary/aromatic N) is 1. The molecule has 0 aliphatic carbocycles. The van der Waals surface area contributed by atoms with Crippen molar-refractivity contribution in [2.24, 2.45) is 10.7 Å². The molecule has 0 saturated carbocycles. The topological polar surface area (TPSA) is 47.6 Å². The molecule has 1 aromatic carbocycles. The first-order valence-electron chi connectivity index (χ1n) is 5.53. The minimum Gasteiger partial charge on any atom is -0.485 e. The molecule has 0 saturated heterocycles. The molecule has 3 heteroatoms. The molecule has 0 atom stereocenters. The highest BCUT2D eigenvalue weighted by Gasteiger charge is 1.99. The summed E-state index contributed by atoms with van der Waals surface area (Å²) in [5.74, 6) is 0.704. The zero-order valence-corrected chi connectivity index (χ0v) is 10.5. The molecular formula is C14H20N2O. The fourth-order valence-corrected chi connectivity index (χ4v) is 1.05. The summed E-state index contributed by atoms with van der Waals surface area (Å²) in [5.41, 5.74) is 6.61. The van der Waals surface area contributed by atoms with Crippen molar-refractivity contribution >= 4 is 6.72 Å². The number of hydrogen-bond acceptors (Lipinski definition) is 3. The molecule has 3 nitrogen and oxygen atoms in total. The number of aliphatic imine (C=N–C) groups is 1. The van der Waals surface area contributed by atoms with Crippen LogP contribution in [0.25, 0.3) is 0 Å². The Morgan fingerprint density at radius 2 is 1.94 bits per heavy atom. The molecule has 0 unspecified atom stereocenters. The summed E-state index contributed by atoms with van der Waals surface area (Å²) in [6.45, 7) is 11.4. The van der Waals surface area contributed by atoms with Crippen LogP contribution in [-0.4, -0.2) is 6.72 Å². The zero-order valence-electron chi connectivity index (χ0n) is 10.5. The number of benzene rings is 1. The largest absolute Gasteiger partial charge is 0.485 e. The van der Waals surface area contributed by atoms with Crippen LogP contribution in [0.1, 0.15) is 19.4 Å². The van der Waals surface area contributed by atoms with Crippen LogP contribution in [-0.2, 0) is 11.3 Å². The Morgan fingerprint density at radius 1 is 1.35 bits per heavy atom. The van der Waals surface area contributed by atoms with Crippen LogP contribution in [0.3, 0.4) is 0 Å². The van der Waals surface area contributed by atoms with E-state index in [0.29, 0.717) is 12.4 Å². The van der Waals surface area contributed by atoms with E-state index in [4.69, 9.17) is 10.5 Å². The van der Waals surface area contributed by atoms with Gasteiger partial charge in [0.1, 0.15) is 6.61 Å². The Labute approximate surface area is 103 Å². The molecular weight excluding hydrogens is 212 g/mol. The lowest BCUT2D eigenvalue weighted by molar-refractivity contribution is 0.207. The van der Waals surface area contributed by atoms with Crippen LogP contribution in [0.15, 0.2) is 59.6 Å². The van der Waals surface area contributed by atoms with Gasteiger partial charge < -0.3 is 10.5 Å². The van der Waals surface area contributed by atoms with Crippen molar-refractivity contribution in [3.63, 3.8) is 0 Å². The molecule has 0 aliphatic heterocycles. The van der Waals surface area contributed by atoms with E-state index in [1.165, 1.54) is 6.08 Å². The van der Waals surface area contributed by atoms with E-state index in [-0.39, 0.29) is 5.82 Å². The van der Waals surface area contributed by atoms with Gasteiger partial charge in [0.15, 0.2) is 11.6 Å². The fraction of sp³-hybridized carbons (Fsp3) is 0.214. The van der Waals surface area contributed by atoms with Gasteiger partial charge in [0, 0.05) is 0 Å². The quantitative estimate of drug-likeness (QED) is 0.481. The second-order valence-electron chi connectivity index (χ2n) is 2.89. The Morgan fingerprint density at radius 3 is 2.41 bits per heavy atom. The monoisotopic (exact) mass is 232 g/mol. The highest BCUT2D eigenvalue weighted by Crippen LogP contribution is 2.08. The van der Waals surface area contributed by atoms with Crippen LogP contribution in [0.5, 0.6) is 0 Å². The second kappa shape index (κ2) is 9.21. The summed E-state index contributed by atoms with van der Waals surface area (Å²) in [7, 11) is 0. The average Bonchev–Trinajstić information content (AvgIpc) is 2.42. The van der Waals surface area contributed by atoms with Crippen LogP contribution in [0.4, 0.5) is 0 Å². The van der Waals surface area contributed by atoms with E-state index in [9.17, 15) is 0 Å². The van der Waals surface area contributed by atoms with Gasteiger partial charge in [-0.1, -0.05) is 50.8 Å². The fourth-order valence-electron chi connectivity index (χ4n) is 1.05. The number of nitrogens with two attached hydrogens (primary N) is 1. The van der Waals surface area contributed by atoms with Crippen molar-refractivity contribution in [3.8, 4) is 0 Å². The predicted octanol–water partition coefficient (Wildman–Crippen LogP) is 3.24. The third-order valence-electron chi connectivity index (χ3n) is 1.85. The van der Waals surface area contributed by atoms with Crippen molar-refractivity contribution in [2.45, 2.75) is 20.5 Å². The molecule has 1 aromatic rings. The molecule has 0 radical (unpaired) electrons. The van der Waals surface area contributed by atoms with Gasteiger partial charge in [-0.2, -0.15) is 0 Å². The Hall–Kier alpha value is -2.03. The van der Waals surface area contributed by atoms with Gasteiger partial charge in [0.2, 0.25) is 0 Å². The van der Waals surface area contributed by atoms with Gasteiger partial charge in [0.25, 0.3) is 0 Å². The van der Waals surface area contributed by atoms with Crippen molar-refractivity contribution < 1.29 is 4.74 Å². The number of ether oxygens (including phenoxy) is 1. The maximum atomic E-state index is 5.55. The Kier molecular flexibility index (Phi) is 8.11. The lowest BCUT2D eigenvalue weighted by atomic mass is 10.2. The highest BCUT2D eigenvalue weighted by atomic mass is 16.5. The van der Waals surface area contributed by atoms with Gasteiger partial charge in [0.05, 0.1) is 0 Å². The SMILES string of the molecule is C=C/C(OCc1ccccc1)=C(/N)N=C.CC. The van der Waals surface area contributed by atoms with Gasteiger partial charge >= 0.3 is 0 Å². The lowest BCUT2D eigenvalue weighted by Gasteiger charge is -2.07. The summed E-state index contributed by atoms with van der Waals surface area (Å²) in [5, 5.41) is 0. The van der Waals surface area contributed by atoms with Crippen molar-refractivity contribution in [1.29, 1.82) is 0 Å². The van der Waals surface area contributed by atoms with E-state index in [0.717, 1.165) is 5.56 Å². The maximum Gasteiger partial charge on any atom is 0.165 e. The van der Waals surface area contributed by atoms with Gasteiger partial charge in [-0.15, -0.1) is 0 Å². The smallest absolute Gasteiger partial charge is 0.165 e. The Balaban J connectivity index is 0.00000121. The molecule has 0 spiro atoms. The molecule has 0 aliphatic rings. The molecule has 17 heavy (non-hydrogen) atoms. The zero-order chi connectivity index (χ0) is 13.1. The molecule has 0 aromatic heterocycles. The molecule has 2 N–H and O–H groups in total. The van der Waals surface area contributed by atoms with Crippen LogP contribution in [0.2, 0.25) is 0 Å². The molecule has 92 valence electrons. The van der Waals surface area contributed by atoms with E-state index >= 15 is 0 Å². The lowest BCUT2D eigenvalue weighted by Crippen LogP contribution is -2.01.